The standard InChI is InChI=1S/C14H15ClN2O2/c1-3-4-17-9(2)13(8-16-17)10-5-11(14(18)19)7-12(15)6-10/h5-8H,3-4H2,1-2H3,(H,18,19). The molecule has 1 aromatic carbocycles. The maximum Gasteiger partial charge on any atom is 0.335 e. The predicted molar refractivity (Wildman–Crippen MR) is 74.7 cm³/mol. The van der Waals surface area contributed by atoms with Gasteiger partial charge in [-0.2, -0.15) is 5.10 Å². The maximum atomic E-state index is 11.0. The molecule has 0 saturated carbocycles. The van der Waals surface area contributed by atoms with E-state index < -0.39 is 5.97 Å². The van der Waals surface area contributed by atoms with Crippen LogP contribution in [0, 0.1) is 6.92 Å². The highest BCUT2D eigenvalue weighted by Gasteiger charge is 2.12. The molecule has 0 aliphatic heterocycles. The molecule has 100 valence electrons. The molecule has 0 bridgehead atoms. The third-order valence-corrected chi connectivity index (χ3v) is 3.21. The average molecular weight is 279 g/mol. The number of benzene rings is 1. The summed E-state index contributed by atoms with van der Waals surface area (Å²) in [6, 6.07) is 4.82. The first-order valence-electron chi connectivity index (χ1n) is 6.09. The topological polar surface area (TPSA) is 55.1 Å². The van der Waals surface area contributed by atoms with E-state index in [1.807, 2.05) is 11.6 Å². The smallest absolute Gasteiger partial charge is 0.335 e. The van der Waals surface area contributed by atoms with Crippen molar-refractivity contribution < 1.29 is 9.90 Å². The van der Waals surface area contributed by atoms with Crippen molar-refractivity contribution in [2.45, 2.75) is 26.8 Å². The zero-order chi connectivity index (χ0) is 14.0. The van der Waals surface area contributed by atoms with Crippen LogP contribution >= 0.6 is 11.6 Å². The van der Waals surface area contributed by atoms with Crippen molar-refractivity contribution in [2.75, 3.05) is 0 Å². The van der Waals surface area contributed by atoms with Crippen molar-refractivity contribution in [1.82, 2.24) is 9.78 Å². The summed E-state index contributed by atoms with van der Waals surface area (Å²) >= 11 is 5.97. The van der Waals surface area contributed by atoms with Crippen molar-refractivity contribution in [3.05, 3.63) is 40.7 Å². The minimum absolute atomic E-state index is 0.185. The molecule has 0 unspecified atom stereocenters. The average Bonchev–Trinajstić information content (AvgIpc) is 2.71. The lowest BCUT2D eigenvalue weighted by Crippen LogP contribution is -2.01. The first kappa shape index (κ1) is 13.6. The van der Waals surface area contributed by atoms with Crippen molar-refractivity contribution in [3.63, 3.8) is 0 Å². The minimum atomic E-state index is -0.984. The fourth-order valence-electron chi connectivity index (χ4n) is 2.04. The third kappa shape index (κ3) is 2.79. The number of nitrogens with zero attached hydrogens (tertiary/aromatic N) is 2. The zero-order valence-corrected chi connectivity index (χ0v) is 11.6. The van der Waals surface area contributed by atoms with Crippen molar-refractivity contribution in [2.24, 2.45) is 0 Å². The van der Waals surface area contributed by atoms with Crippen molar-refractivity contribution in [1.29, 1.82) is 0 Å². The van der Waals surface area contributed by atoms with Crippen molar-refractivity contribution in [3.8, 4) is 11.1 Å². The summed E-state index contributed by atoms with van der Waals surface area (Å²) in [5, 5.41) is 13.8. The normalized spacial score (nSPS) is 10.7. The van der Waals surface area contributed by atoms with Crippen LogP contribution in [0.1, 0.15) is 29.4 Å². The van der Waals surface area contributed by atoms with Crippen LogP contribution in [0.3, 0.4) is 0 Å². The molecule has 0 saturated heterocycles. The summed E-state index contributed by atoms with van der Waals surface area (Å²) < 4.78 is 1.91. The number of hydrogen-bond acceptors (Lipinski definition) is 2. The van der Waals surface area contributed by atoms with E-state index in [1.54, 1.807) is 18.3 Å². The molecule has 1 aromatic heterocycles. The Bertz CT molecular complexity index is 620. The molecule has 5 heteroatoms. The van der Waals surface area contributed by atoms with Gasteiger partial charge in [-0.1, -0.05) is 18.5 Å². The first-order valence-corrected chi connectivity index (χ1v) is 6.47. The Morgan fingerprint density at radius 3 is 2.79 bits per heavy atom. The van der Waals surface area contributed by atoms with Crippen LogP contribution in [-0.2, 0) is 6.54 Å². The van der Waals surface area contributed by atoms with Gasteiger partial charge in [0.25, 0.3) is 0 Å². The van der Waals surface area contributed by atoms with Gasteiger partial charge in [0.1, 0.15) is 0 Å². The second-order valence-electron chi connectivity index (χ2n) is 4.40. The van der Waals surface area contributed by atoms with Crippen LogP contribution < -0.4 is 0 Å². The number of hydrogen-bond donors (Lipinski definition) is 1. The maximum absolute atomic E-state index is 11.0. The molecular weight excluding hydrogens is 264 g/mol. The highest BCUT2D eigenvalue weighted by atomic mass is 35.5. The number of halogens is 1. The lowest BCUT2D eigenvalue weighted by molar-refractivity contribution is 0.0697. The van der Waals surface area contributed by atoms with Crippen LogP contribution in [0.5, 0.6) is 0 Å². The van der Waals surface area contributed by atoms with E-state index in [0.717, 1.165) is 29.8 Å². The van der Waals surface area contributed by atoms with Gasteiger partial charge in [-0.25, -0.2) is 4.79 Å². The summed E-state index contributed by atoms with van der Waals surface area (Å²) in [6.45, 7) is 4.90. The lowest BCUT2D eigenvalue weighted by atomic mass is 10.0. The number of carboxylic acids is 1. The molecule has 2 rings (SSSR count). The number of rotatable bonds is 4. The van der Waals surface area contributed by atoms with Gasteiger partial charge < -0.3 is 5.11 Å². The first-order chi connectivity index (χ1) is 9.02. The third-order valence-electron chi connectivity index (χ3n) is 2.99. The number of aryl methyl sites for hydroxylation is 1. The SMILES string of the molecule is CCCn1ncc(-c2cc(Cl)cc(C(=O)O)c2)c1C. The van der Waals surface area contributed by atoms with Crippen molar-refractivity contribution >= 4 is 17.6 Å². The molecule has 0 fully saturated rings. The van der Waals surface area contributed by atoms with E-state index >= 15 is 0 Å². The Kier molecular flexibility index (Phi) is 3.90. The van der Waals surface area contributed by atoms with E-state index in [9.17, 15) is 4.79 Å². The predicted octanol–water partition coefficient (Wildman–Crippen LogP) is 3.62. The second kappa shape index (κ2) is 5.45. The molecule has 4 nitrogen and oxygen atoms in total. The van der Waals surface area contributed by atoms with E-state index in [1.165, 1.54) is 6.07 Å². The largest absolute Gasteiger partial charge is 0.478 e. The molecule has 2 aromatic rings. The molecule has 0 radical (unpaired) electrons. The summed E-state index contributed by atoms with van der Waals surface area (Å²) in [5.74, 6) is -0.984. The molecule has 1 heterocycles. The van der Waals surface area contributed by atoms with Gasteiger partial charge in [0.05, 0.1) is 11.8 Å². The summed E-state index contributed by atoms with van der Waals surface area (Å²) in [5.41, 5.74) is 2.90. The molecule has 0 aliphatic carbocycles. The van der Waals surface area contributed by atoms with E-state index in [4.69, 9.17) is 16.7 Å². The van der Waals surface area contributed by atoms with Gasteiger partial charge in [-0.15, -0.1) is 0 Å². The van der Waals surface area contributed by atoms with Crippen LogP contribution in [-0.4, -0.2) is 20.9 Å². The second-order valence-corrected chi connectivity index (χ2v) is 4.84. The number of carbonyl (C=O) groups is 1. The van der Waals surface area contributed by atoms with Crippen LogP contribution in [0.25, 0.3) is 11.1 Å². The highest BCUT2D eigenvalue weighted by Crippen LogP contribution is 2.27. The molecule has 0 amide bonds. The molecular formula is C14H15ClN2O2. The van der Waals surface area contributed by atoms with Gasteiger partial charge in [0, 0.05) is 22.8 Å². The van der Waals surface area contributed by atoms with Gasteiger partial charge in [0.15, 0.2) is 0 Å². The summed E-state index contributed by atoms with van der Waals surface area (Å²) in [6.07, 6.45) is 2.75. The Morgan fingerprint density at radius 1 is 1.42 bits per heavy atom. The molecule has 0 aliphatic rings. The van der Waals surface area contributed by atoms with E-state index in [-0.39, 0.29) is 5.56 Å². The summed E-state index contributed by atoms with van der Waals surface area (Å²) in [4.78, 5) is 11.0. The molecule has 0 atom stereocenters. The quantitative estimate of drug-likeness (QED) is 0.929. The van der Waals surface area contributed by atoms with E-state index in [2.05, 4.69) is 12.0 Å². The Hall–Kier alpha value is -1.81. The summed E-state index contributed by atoms with van der Waals surface area (Å²) in [7, 11) is 0. The number of carboxylic acid groups (broad SMARTS) is 1. The Morgan fingerprint density at radius 2 is 2.16 bits per heavy atom. The molecule has 19 heavy (non-hydrogen) atoms. The fraction of sp³-hybridized carbons (Fsp3) is 0.286. The Labute approximate surface area is 116 Å². The van der Waals surface area contributed by atoms with Crippen LogP contribution in [0.4, 0.5) is 0 Å². The van der Waals surface area contributed by atoms with Gasteiger partial charge in [-0.3, -0.25) is 4.68 Å². The minimum Gasteiger partial charge on any atom is -0.478 e. The van der Waals surface area contributed by atoms with E-state index in [0.29, 0.717) is 5.02 Å². The zero-order valence-electron chi connectivity index (χ0n) is 10.9. The van der Waals surface area contributed by atoms with Crippen LogP contribution in [0.2, 0.25) is 5.02 Å². The number of aromatic nitrogens is 2. The Balaban J connectivity index is 2.49. The van der Waals surface area contributed by atoms with Crippen LogP contribution in [0.15, 0.2) is 24.4 Å². The lowest BCUT2D eigenvalue weighted by Gasteiger charge is -2.05. The monoisotopic (exact) mass is 278 g/mol. The van der Waals surface area contributed by atoms with Gasteiger partial charge in [-0.05, 0) is 37.1 Å². The van der Waals surface area contributed by atoms with Gasteiger partial charge in [0.2, 0.25) is 0 Å². The van der Waals surface area contributed by atoms with Gasteiger partial charge >= 0.3 is 5.97 Å². The number of aromatic carboxylic acids is 1. The fourth-order valence-corrected chi connectivity index (χ4v) is 2.27. The molecule has 1 N–H and O–H groups in total. The molecule has 0 spiro atoms. The highest BCUT2D eigenvalue weighted by molar-refractivity contribution is 6.31.